The third-order valence-corrected chi connectivity index (χ3v) is 7.49. The zero-order chi connectivity index (χ0) is 23.1. The first-order valence-corrected chi connectivity index (χ1v) is 14.0. The highest BCUT2D eigenvalue weighted by atomic mass is 16.5. The van der Waals surface area contributed by atoms with E-state index >= 15 is 0 Å². The zero-order valence-electron chi connectivity index (χ0n) is 21.4. The molecule has 2 heteroatoms. The molecule has 0 bridgehead atoms. The van der Waals surface area contributed by atoms with Crippen molar-refractivity contribution in [1.82, 2.24) is 4.98 Å². The SMILES string of the molecule is CCCCCCCCCOc1ccc(-c2ccc(C3CCC(CCCCC)CC3)cc2)nc1. The zero-order valence-corrected chi connectivity index (χ0v) is 21.4. The lowest BCUT2D eigenvalue weighted by molar-refractivity contribution is 0.303. The van der Waals surface area contributed by atoms with Gasteiger partial charge >= 0.3 is 0 Å². The van der Waals surface area contributed by atoms with Crippen molar-refractivity contribution in [2.45, 2.75) is 116 Å². The Bertz CT molecular complexity index is 743. The minimum absolute atomic E-state index is 0.747. The molecule has 0 spiro atoms. The molecule has 0 saturated heterocycles. The van der Waals surface area contributed by atoms with Gasteiger partial charge in [0.2, 0.25) is 0 Å². The Morgan fingerprint density at radius 3 is 2.06 bits per heavy atom. The van der Waals surface area contributed by atoms with Crippen LogP contribution >= 0.6 is 0 Å². The van der Waals surface area contributed by atoms with Gasteiger partial charge in [-0.05, 0) is 61.6 Å². The first kappa shape index (κ1) is 25.8. The molecular formula is C31H47NO. The van der Waals surface area contributed by atoms with E-state index in [2.05, 4.69) is 55.2 Å². The minimum Gasteiger partial charge on any atom is -0.492 e. The Hall–Kier alpha value is -1.83. The molecule has 1 aliphatic rings. The predicted octanol–water partition coefficient (Wildman–Crippen LogP) is 9.73. The van der Waals surface area contributed by atoms with Gasteiger partial charge in [-0.2, -0.15) is 0 Å². The van der Waals surface area contributed by atoms with Crippen LogP contribution in [0.3, 0.4) is 0 Å². The summed E-state index contributed by atoms with van der Waals surface area (Å²) in [6.07, 6.45) is 22.2. The minimum atomic E-state index is 0.747. The van der Waals surface area contributed by atoms with E-state index in [1.807, 2.05) is 6.20 Å². The maximum atomic E-state index is 5.90. The van der Waals surface area contributed by atoms with E-state index in [1.54, 1.807) is 0 Å². The fraction of sp³-hybridized carbons (Fsp3) is 0.645. The summed E-state index contributed by atoms with van der Waals surface area (Å²) in [5.74, 6) is 2.61. The summed E-state index contributed by atoms with van der Waals surface area (Å²) in [4.78, 5) is 4.66. The third-order valence-electron chi connectivity index (χ3n) is 7.49. The lowest BCUT2D eigenvalue weighted by Crippen LogP contribution is -2.13. The van der Waals surface area contributed by atoms with Gasteiger partial charge in [0.1, 0.15) is 5.75 Å². The van der Waals surface area contributed by atoms with Crippen molar-refractivity contribution in [2.24, 2.45) is 5.92 Å². The van der Waals surface area contributed by atoms with Crippen LogP contribution in [0, 0.1) is 5.92 Å². The van der Waals surface area contributed by atoms with Gasteiger partial charge in [0, 0.05) is 5.56 Å². The molecular weight excluding hydrogens is 402 g/mol. The number of unbranched alkanes of at least 4 members (excludes halogenated alkanes) is 8. The Morgan fingerprint density at radius 2 is 1.39 bits per heavy atom. The monoisotopic (exact) mass is 449 g/mol. The molecule has 3 rings (SSSR count). The van der Waals surface area contributed by atoms with Crippen LogP contribution in [0.2, 0.25) is 0 Å². The Morgan fingerprint density at radius 1 is 0.727 bits per heavy atom. The highest BCUT2D eigenvalue weighted by molar-refractivity contribution is 5.60. The highest BCUT2D eigenvalue weighted by Crippen LogP contribution is 2.38. The van der Waals surface area contributed by atoms with Crippen LogP contribution in [0.15, 0.2) is 42.6 Å². The van der Waals surface area contributed by atoms with Crippen LogP contribution in [-0.4, -0.2) is 11.6 Å². The molecule has 0 radical (unpaired) electrons. The van der Waals surface area contributed by atoms with E-state index in [4.69, 9.17) is 4.74 Å². The first-order valence-electron chi connectivity index (χ1n) is 14.0. The Balaban J connectivity index is 1.38. The van der Waals surface area contributed by atoms with E-state index < -0.39 is 0 Å². The molecule has 1 aromatic carbocycles. The maximum absolute atomic E-state index is 5.90. The topological polar surface area (TPSA) is 22.1 Å². The largest absolute Gasteiger partial charge is 0.492 e. The number of hydrogen-bond acceptors (Lipinski definition) is 2. The van der Waals surface area contributed by atoms with E-state index in [1.165, 1.54) is 101 Å². The van der Waals surface area contributed by atoms with Crippen molar-refractivity contribution in [3.8, 4) is 17.0 Å². The van der Waals surface area contributed by atoms with Crippen molar-refractivity contribution in [3.05, 3.63) is 48.2 Å². The van der Waals surface area contributed by atoms with E-state index in [0.29, 0.717) is 0 Å². The van der Waals surface area contributed by atoms with Crippen LogP contribution in [0.1, 0.15) is 122 Å². The summed E-state index contributed by atoms with van der Waals surface area (Å²) in [7, 11) is 0. The van der Waals surface area contributed by atoms with Crippen molar-refractivity contribution >= 4 is 0 Å². The quantitative estimate of drug-likeness (QED) is 0.252. The second kappa shape index (κ2) is 15.1. The number of nitrogens with zero attached hydrogens (tertiary/aromatic N) is 1. The van der Waals surface area contributed by atoms with Crippen molar-refractivity contribution < 1.29 is 4.74 Å². The van der Waals surface area contributed by atoms with Crippen molar-refractivity contribution in [1.29, 1.82) is 0 Å². The Labute approximate surface area is 203 Å². The lowest BCUT2D eigenvalue weighted by atomic mass is 9.77. The number of pyridine rings is 1. The summed E-state index contributed by atoms with van der Waals surface area (Å²) in [5.41, 5.74) is 3.75. The molecule has 0 aliphatic heterocycles. The number of rotatable bonds is 15. The summed E-state index contributed by atoms with van der Waals surface area (Å²) in [6.45, 7) is 5.37. The molecule has 0 unspecified atom stereocenters. The highest BCUT2D eigenvalue weighted by Gasteiger charge is 2.22. The second-order valence-electron chi connectivity index (χ2n) is 10.2. The molecule has 1 heterocycles. The van der Waals surface area contributed by atoms with Gasteiger partial charge in [-0.25, -0.2) is 0 Å². The molecule has 2 aromatic rings. The summed E-state index contributed by atoms with van der Waals surface area (Å²) in [6, 6.07) is 13.3. The molecule has 0 N–H and O–H groups in total. The van der Waals surface area contributed by atoms with Crippen LogP contribution in [-0.2, 0) is 0 Å². The van der Waals surface area contributed by atoms with Gasteiger partial charge < -0.3 is 4.74 Å². The molecule has 1 aromatic heterocycles. The van der Waals surface area contributed by atoms with Crippen LogP contribution < -0.4 is 4.74 Å². The molecule has 1 fully saturated rings. The summed E-state index contributed by atoms with van der Waals surface area (Å²) >= 11 is 0. The average Bonchev–Trinajstić information content (AvgIpc) is 2.87. The molecule has 182 valence electrons. The number of benzene rings is 1. The fourth-order valence-electron chi connectivity index (χ4n) is 5.28. The number of hydrogen-bond donors (Lipinski definition) is 0. The van der Waals surface area contributed by atoms with Crippen LogP contribution in [0.5, 0.6) is 5.75 Å². The van der Waals surface area contributed by atoms with Crippen molar-refractivity contribution in [2.75, 3.05) is 6.61 Å². The van der Waals surface area contributed by atoms with Gasteiger partial charge in [-0.1, -0.05) is 102 Å². The van der Waals surface area contributed by atoms with E-state index in [0.717, 1.165) is 36.3 Å². The average molecular weight is 450 g/mol. The van der Waals surface area contributed by atoms with Gasteiger partial charge in [0.25, 0.3) is 0 Å². The molecule has 0 amide bonds. The summed E-state index contributed by atoms with van der Waals surface area (Å²) < 4.78 is 5.90. The van der Waals surface area contributed by atoms with Gasteiger partial charge in [0.05, 0.1) is 18.5 Å². The normalized spacial score (nSPS) is 18.4. The standard InChI is InChI=1S/C31H47NO/c1-3-5-7-8-9-10-12-24-33-30-22-23-31(32-25-30)29-20-18-28(19-21-29)27-16-14-26(15-17-27)13-11-6-4-2/h18-23,25-27H,3-17,24H2,1-2H3. The van der Waals surface area contributed by atoms with Crippen molar-refractivity contribution in [3.63, 3.8) is 0 Å². The number of ether oxygens (including phenoxy) is 1. The van der Waals surface area contributed by atoms with E-state index in [-0.39, 0.29) is 0 Å². The molecule has 1 saturated carbocycles. The maximum Gasteiger partial charge on any atom is 0.137 e. The first-order chi connectivity index (χ1) is 16.3. The van der Waals surface area contributed by atoms with Gasteiger partial charge in [-0.15, -0.1) is 0 Å². The number of aromatic nitrogens is 1. The fourth-order valence-corrected chi connectivity index (χ4v) is 5.28. The van der Waals surface area contributed by atoms with Gasteiger partial charge in [0.15, 0.2) is 0 Å². The third kappa shape index (κ3) is 9.14. The smallest absolute Gasteiger partial charge is 0.137 e. The Kier molecular flexibility index (Phi) is 11.8. The van der Waals surface area contributed by atoms with Crippen LogP contribution in [0.25, 0.3) is 11.3 Å². The molecule has 1 aliphatic carbocycles. The second-order valence-corrected chi connectivity index (χ2v) is 10.2. The van der Waals surface area contributed by atoms with E-state index in [9.17, 15) is 0 Å². The molecule has 2 nitrogen and oxygen atoms in total. The summed E-state index contributed by atoms with van der Waals surface area (Å²) in [5, 5.41) is 0. The molecule has 33 heavy (non-hydrogen) atoms. The molecule has 0 atom stereocenters. The predicted molar refractivity (Wildman–Crippen MR) is 142 cm³/mol. The van der Waals surface area contributed by atoms with Crippen LogP contribution in [0.4, 0.5) is 0 Å². The lowest BCUT2D eigenvalue weighted by Gasteiger charge is -2.29. The van der Waals surface area contributed by atoms with Gasteiger partial charge in [-0.3, -0.25) is 4.98 Å².